The van der Waals surface area contributed by atoms with Crippen LogP contribution in [0.1, 0.15) is 23.3 Å². The molecule has 1 aromatic heterocycles. The van der Waals surface area contributed by atoms with E-state index in [4.69, 9.17) is 5.11 Å². The van der Waals surface area contributed by atoms with Gasteiger partial charge in [0.15, 0.2) is 0 Å². The monoisotopic (exact) mass is 295 g/mol. The minimum Gasteiger partial charge on any atom is -0.392 e. The average Bonchev–Trinajstić information content (AvgIpc) is 3.14. The van der Waals surface area contributed by atoms with E-state index in [0.717, 1.165) is 17.7 Å². The van der Waals surface area contributed by atoms with Crippen molar-refractivity contribution in [2.24, 2.45) is 0 Å². The Labute approximate surface area is 120 Å². The summed E-state index contributed by atoms with van der Waals surface area (Å²) in [5.74, 6) is -1.20. The molecule has 1 aliphatic rings. The second kappa shape index (κ2) is 5.50. The van der Waals surface area contributed by atoms with E-state index in [9.17, 15) is 8.78 Å². The smallest absolute Gasteiger partial charge is 0.149 e. The molecule has 2 nitrogen and oxygen atoms in total. The Morgan fingerprint density at radius 3 is 2.45 bits per heavy atom. The molecule has 1 saturated carbocycles. The minimum absolute atomic E-state index is 0.0260. The van der Waals surface area contributed by atoms with Crippen LogP contribution >= 0.6 is 11.3 Å². The molecule has 0 bridgehead atoms. The number of aliphatic hydroxyl groups excluding tert-OH is 1. The van der Waals surface area contributed by atoms with Crippen LogP contribution in [0.2, 0.25) is 0 Å². The van der Waals surface area contributed by atoms with Crippen LogP contribution in [0.3, 0.4) is 0 Å². The zero-order valence-electron chi connectivity index (χ0n) is 10.9. The summed E-state index contributed by atoms with van der Waals surface area (Å²) in [5, 5.41) is 11.0. The van der Waals surface area contributed by atoms with E-state index in [2.05, 4.69) is 0 Å². The van der Waals surface area contributed by atoms with E-state index in [1.807, 2.05) is 17.5 Å². The summed E-state index contributed by atoms with van der Waals surface area (Å²) in [7, 11) is 0. The van der Waals surface area contributed by atoms with Gasteiger partial charge in [0.2, 0.25) is 0 Å². The molecule has 1 fully saturated rings. The maximum absolute atomic E-state index is 14.2. The van der Waals surface area contributed by atoms with Gasteiger partial charge in [0.1, 0.15) is 17.3 Å². The molecule has 0 aliphatic heterocycles. The van der Waals surface area contributed by atoms with Crippen LogP contribution in [-0.4, -0.2) is 11.1 Å². The van der Waals surface area contributed by atoms with Crippen molar-refractivity contribution in [1.29, 1.82) is 0 Å². The number of aliphatic hydroxyl groups is 1. The number of rotatable bonds is 5. The second-order valence-corrected chi connectivity index (χ2v) is 6.04. The van der Waals surface area contributed by atoms with Crippen molar-refractivity contribution >= 4 is 17.0 Å². The van der Waals surface area contributed by atoms with Gasteiger partial charge >= 0.3 is 0 Å². The van der Waals surface area contributed by atoms with Gasteiger partial charge in [0.25, 0.3) is 0 Å². The molecule has 0 spiro atoms. The van der Waals surface area contributed by atoms with Crippen molar-refractivity contribution < 1.29 is 13.9 Å². The molecule has 1 aliphatic carbocycles. The third-order valence-corrected chi connectivity index (χ3v) is 4.30. The zero-order chi connectivity index (χ0) is 14.1. The molecule has 1 heterocycles. The largest absolute Gasteiger partial charge is 0.392 e. The van der Waals surface area contributed by atoms with Crippen LogP contribution in [0.4, 0.5) is 14.5 Å². The Kier molecular flexibility index (Phi) is 3.72. The molecule has 0 saturated heterocycles. The molecule has 20 heavy (non-hydrogen) atoms. The molecular formula is C15H15F2NOS. The lowest BCUT2D eigenvalue weighted by Gasteiger charge is -2.25. The van der Waals surface area contributed by atoms with Gasteiger partial charge < -0.3 is 10.0 Å². The predicted molar refractivity (Wildman–Crippen MR) is 75.8 cm³/mol. The van der Waals surface area contributed by atoms with Crippen LogP contribution < -0.4 is 4.90 Å². The second-order valence-electron chi connectivity index (χ2n) is 5.00. The summed E-state index contributed by atoms with van der Waals surface area (Å²) >= 11 is 1.58. The maximum atomic E-state index is 14.2. The Morgan fingerprint density at radius 1 is 1.25 bits per heavy atom. The van der Waals surface area contributed by atoms with E-state index in [1.54, 1.807) is 16.2 Å². The van der Waals surface area contributed by atoms with Crippen LogP contribution in [0, 0.1) is 11.6 Å². The zero-order valence-corrected chi connectivity index (χ0v) is 11.7. The van der Waals surface area contributed by atoms with Gasteiger partial charge in [-0.3, -0.25) is 0 Å². The molecule has 0 radical (unpaired) electrons. The Morgan fingerprint density at radius 2 is 1.95 bits per heavy atom. The first-order valence-corrected chi connectivity index (χ1v) is 7.45. The molecule has 5 heteroatoms. The SMILES string of the molecule is OCc1cc(F)c(N(Cc2cccs2)C2CC2)c(F)c1. The van der Waals surface area contributed by atoms with Crippen molar-refractivity contribution in [2.45, 2.75) is 32.0 Å². The van der Waals surface area contributed by atoms with E-state index in [1.165, 1.54) is 12.1 Å². The van der Waals surface area contributed by atoms with Gasteiger partial charge in [-0.15, -0.1) is 11.3 Å². The highest BCUT2D eigenvalue weighted by atomic mass is 32.1. The standard InChI is InChI=1S/C15H15F2NOS/c16-13-6-10(9-19)7-14(17)15(13)18(11-3-4-11)8-12-2-1-5-20-12/h1-2,5-7,11,19H,3-4,8-9H2. The lowest BCUT2D eigenvalue weighted by atomic mass is 10.1. The molecule has 0 amide bonds. The van der Waals surface area contributed by atoms with Crippen LogP contribution in [0.15, 0.2) is 29.6 Å². The number of nitrogens with zero attached hydrogens (tertiary/aromatic N) is 1. The number of anilines is 1. The Balaban J connectivity index is 1.95. The summed E-state index contributed by atoms with van der Waals surface area (Å²) in [6, 6.07) is 6.54. The van der Waals surface area contributed by atoms with Gasteiger partial charge in [-0.05, 0) is 42.0 Å². The topological polar surface area (TPSA) is 23.5 Å². The fraction of sp³-hybridized carbons (Fsp3) is 0.333. The molecule has 1 N–H and O–H groups in total. The molecule has 1 aromatic carbocycles. The van der Waals surface area contributed by atoms with Crippen molar-refractivity contribution in [3.8, 4) is 0 Å². The van der Waals surface area contributed by atoms with Gasteiger partial charge in [-0.25, -0.2) is 8.78 Å². The lowest BCUT2D eigenvalue weighted by molar-refractivity contribution is 0.280. The summed E-state index contributed by atoms with van der Waals surface area (Å²) in [6.07, 6.45) is 1.93. The number of hydrogen-bond acceptors (Lipinski definition) is 3. The van der Waals surface area contributed by atoms with Crippen molar-refractivity contribution in [3.63, 3.8) is 0 Å². The van der Waals surface area contributed by atoms with Crippen LogP contribution in [0.25, 0.3) is 0 Å². The van der Waals surface area contributed by atoms with Crippen molar-refractivity contribution in [1.82, 2.24) is 0 Å². The van der Waals surface area contributed by atoms with E-state index >= 15 is 0 Å². The fourth-order valence-corrected chi connectivity index (χ4v) is 3.03. The van der Waals surface area contributed by atoms with Crippen LogP contribution in [0.5, 0.6) is 0 Å². The summed E-state index contributed by atoms with van der Waals surface area (Å²) in [6.45, 7) is 0.164. The van der Waals surface area contributed by atoms with Gasteiger partial charge in [-0.1, -0.05) is 6.07 Å². The normalized spacial score (nSPS) is 14.6. The number of halogens is 2. The minimum atomic E-state index is -0.600. The highest BCUT2D eigenvalue weighted by Gasteiger charge is 2.32. The number of benzene rings is 1. The number of hydrogen-bond donors (Lipinski definition) is 1. The molecule has 0 unspecified atom stereocenters. The molecule has 0 atom stereocenters. The Bertz CT molecular complexity index is 573. The fourth-order valence-electron chi connectivity index (χ4n) is 2.33. The van der Waals surface area contributed by atoms with Crippen molar-refractivity contribution in [2.75, 3.05) is 4.90 Å². The predicted octanol–water partition coefficient (Wildman–Crippen LogP) is 3.69. The number of thiophene rings is 1. The molecule has 106 valence electrons. The highest BCUT2D eigenvalue weighted by molar-refractivity contribution is 7.09. The summed E-state index contributed by atoms with van der Waals surface area (Å²) < 4.78 is 28.4. The van der Waals surface area contributed by atoms with Gasteiger partial charge in [-0.2, -0.15) is 0 Å². The molecule has 3 rings (SSSR count). The first kappa shape index (κ1) is 13.5. The third-order valence-electron chi connectivity index (χ3n) is 3.44. The third kappa shape index (κ3) is 2.69. The van der Waals surface area contributed by atoms with Gasteiger partial charge in [0.05, 0.1) is 13.2 Å². The quantitative estimate of drug-likeness (QED) is 0.909. The van der Waals surface area contributed by atoms with Crippen LogP contribution in [-0.2, 0) is 13.2 Å². The van der Waals surface area contributed by atoms with Gasteiger partial charge in [0, 0.05) is 10.9 Å². The summed E-state index contributed by atoms with van der Waals surface area (Å²) in [4.78, 5) is 2.89. The molecule has 2 aromatic rings. The first-order chi connectivity index (χ1) is 9.69. The highest BCUT2D eigenvalue weighted by Crippen LogP contribution is 2.37. The van der Waals surface area contributed by atoms with E-state index in [0.29, 0.717) is 6.54 Å². The Hall–Kier alpha value is -1.46. The van der Waals surface area contributed by atoms with E-state index in [-0.39, 0.29) is 23.9 Å². The molecular weight excluding hydrogens is 280 g/mol. The van der Waals surface area contributed by atoms with E-state index < -0.39 is 11.6 Å². The summed E-state index contributed by atoms with van der Waals surface area (Å²) in [5.41, 5.74) is 0.286. The average molecular weight is 295 g/mol. The lowest BCUT2D eigenvalue weighted by Crippen LogP contribution is -2.26. The van der Waals surface area contributed by atoms with Crippen molar-refractivity contribution in [3.05, 3.63) is 51.7 Å². The maximum Gasteiger partial charge on any atom is 0.149 e. The first-order valence-electron chi connectivity index (χ1n) is 6.57.